The fourth-order valence-electron chi connectivity index (χ4n) is 3.66. The van der Waals surface area contributed by atoms with E-state index in [2.05, 4.69) is 0 Å². The van der Waals surface area contributed by atoms with Gasteiger partial charge in [-0.05, 0) is 37.5 Å². The minimum atomic E-state index is -0.0994. The topological polar surface area (TPSA) is 86.9 Å². The van der Waals surface area contributed by atoms with E-state index in [1.54, 1.807) is 23.1 Å². The average Bonchev–Trinajstić information content (AvgIpc) is 2.60. The van der Waals surface area contributed by atoms with Crippen molar-refractivity contribution < 1.29 is 14.7 Å². The van der Waals surface area contributed by atoms with Crippen molar-refractivity contribution in [3.05, 3.63) is 29.8 Å². The molecule has 1 aliphatic heterocycles. The number of amides is 2. The zero-order valence-corrected chi connectivity index (χ0v) is 13.9. The molecule has 2 atom stereocenters. The van der Waals surface area contributed by atoms with Crippen molar-refractivity contribution in [2.75, 3.05) is 26.2 Å². The predicted molar refractivity (Wildman–Crippen MR) is 90.5 cm³/mol. The lowest BCUT2D eigenvalue weighted by Crippen LogP contribution is -2.52. The highest BCUT2D eigenvalue weighted by Gasteiger charge is 2.31. The fourth-order valence-corrected chi connectivity index (χ4v) is 3.66. The molecule has 0 radical (unpaired) electrons. The Morgan fingerprint density at radius 3 is 2.46 bits per heavy atom. The van der Waals surface area contributed by atoms with Crippen molar-refractivity contribution in [2.24, 2.45) is 11.7 Å². The van der Waals surface area contributed by atoms with Crippen molar-refractivity contribution >= 4 is 11.8 Å². The van der Waals surface area contributed by atoms with E-state index in [9.17, 15) is 14.7 Å². The number of nitrogens with zero attached hydrogens (tertiary/aromatic N) is 2. The second-order valence-electron chi connectivity index (χ2n) is 6.79. The van der Waals surface area contributed by atoms with Crippen LogP contribution in [-0.4, -0.2) is 58.9 Å². The molecule has 1 saturated heterocycles. The largest absolute Gasteiger partial charge is 0.508 e. The highest BCUT2D eigenvalue weighted by Crippen LogP contribution is 2.25. The van der Waals surface area contributed by atoms with Gasteiger partial charge in [0.2, 0.25) is 5.91 Å². The van der Waals surface area contributed by atoms with Crippen molar-refractivity contribution in [1.29, 1.82) is 0 Å². The smallest absolute Gasteiger partial charge is 0.254 e. The van der Waals surface area contributed by atoms with Crippen LogP contribution < -0.4 is 5.73 Å². The molecule has 1 aromatic carbocycles. The summed E-state index contributed by atoms with van der Waals surface area (Å²) in [6.45, 7) is 2.18. The molecular formula is C18H25N3O3. The standard InChI is InChI=1S/C18H25N3O3/c19-15-5-1-3-13(11-15)17(23)20-7-9-21(10-8-20)18(24)14-4-2-6-16(22)12-14/h2,4,6,12-13,15,22H,1,3,5,7-11,19H2. The van der Waals surface area contributed by atoms with Crippen molar-refractivity contribution in [3.8, 4) is 5.75 Å². The van der Waals surface area contributed by atoms with Gasteiger partial charge in [0.05, 0.1) is 0 Å². The molecule has 3 N–H and O–H groups in total. The molecule has 3 rings (SSSR count). The second kappa shape index (κ2) is 7.21. The molecule has 1 aromatic rings. The fraction of sp³-hybridized carbons (Fsp3) is 0.556. The highest BCUT2D eigenvalue weighted by molar-refractivity contribution is 5.94. The van der Waals surface area contributed by atoms with Crippen molar-refractivity contribution in [1.82, 2.24) is 9.80 Å². The normalized spacial score (nSPS) is 24.7. The van der Waals surface area contributed by atoms with Crippen LogP contribution in [0, 0.1) is 5.92 Å². The Morgan fingerprint density at radius 1 is 1.08 bits per heavy atom. The van der Waals surface area contributed by atoms with Crippen molar-refractivity contribution in [2.45, 2.75) is 31.7 Å². The molecule has 0 bridgehead atoms. The number of piperazine rings is 1. The molecule has 6 heteroatoms. The summed E-state index contributed by atoms with van der Waals surface area (Å²) in [5.74, 6) is 0.220. The molecule has 24 heavy (non-hydrogen) atoms. The highest BCUT2D eigenvalue weighted by atomic mass is 16.3. The lowest BCUT2D eigenvalue weighted by molar-refractivity contribution is -0.138. The maximum Gasteiger partial charge on any atom is 0.254 e. The van der Waals surface area contributed by atoms with Crippen LogP contribution >= 0.6 is 0 Å². The zero-order chi connectivity index (χ0) is 17.1. The molecule has 0 aromatic heterocycles. The van der Waals surface area contributed by atoms with Crippen LogP contribution in [0.4, 0.5) is 0 Å². The summed E-state index contributed by atoms with van der Waals surface area (Å²) in [7, 11) is 0. The van der Waals surface area contributed by atoms with Gasteiger partial charge in [0.15, 0.2) is 0 Å². The predicted octanol–water partition coefficient (Wildman–Crippen LogP) is 1.19. The molecule has 2 unspecified atom stereocenters. The molecular weight excluding hydrogens is 306 g/mol. The molecule has 1 saturated carbocycles. The molecule has 130 valence electrons. The van der Waals surface area contributed by atoms with E-state index in [1.807, 2.05) is 4.90 Å². The van der Waals surface area contributed by atoms with E-state index < -0.39 is 0 Å². The average molecular weight is 331 g/mol. The Morgan fingerprint density at radius 2 is 1.79 bits per heavy atom. The Labute approximate surface area is 142 Å². The van der Waals surface area contributed by atoms with Gasteiger partial charge in [0.1, 0.15) is 5.75 Å². The van der Waals surface area contributed by atoms with Gasteiger partial charge in [0, 0.05) is 43.7 Å². The van der Waals surface area contributed by atoms with E-state index in [0.717, 1.165) is 25.7 Å². The maximum absolute atomic E-state index is 12.6. The lowest BCUT2D eigenvalue weighted by atomic mass is 9.85. The van der Waals surface area contributed by atoms with Crippen LogP contribution in [0.1, 0.15) is 36.0 Å². The first-order valence-electron chi connectivity index (χ1n) is 8.67. The van der Waals surface area contributed by atoms with Crippen LogP contribution in [0.2, 0.25) is 0 Å². The molecule has 2 amide bonds. The lowest BCUT2D eigenvalue weighted by Gasteiger charge is -2.37. The Kier molecular flexibility index (Phi) is 5.04. The maximum atomic E-state index is 12.6. The van der Waals surface area contributed by atoms with Crippen LogP contribution in [0.15, 0.2) is 24.3 Å². The number of nitrogens with two attached hydrogens (primary N) is 1. The van der Waals surface area contributed by atoms with E-state index >= 15 is 0 Å². The number of aromatic hydroxyl groups is 1. The van der Waals surface area contributed by atoms with E-state index in [-0.39, 0.29) is 29.5 Å². The summed E-state index contributed by atoms with van der Waals surface area (Å²) >= 11 is 0. The van der Waals surface area contributed by atoms with Gasteiger partial charge in [-0.15, -0.1) is 0 Å². The quantitative estimate of drug-likeness (QED) is 0.852. The molecule has 1 heterocycles. The third-order valence-electron chi connectivity index (χ3n) is 5.04. The monoisotopic (exact) mass is 331 g/mol. The van der Waals surface area contributed by atoms with Crippen molar-refractivity contribution in [3.63, 3.8) is 0 Å². The van der Waals surface area contributed by atoms with Gasteiger partial charge < -0.3 is 20.6 Å². The summed E-state index contributed by atoms with van der Waals surface area (Å²) in [4.78, 5) is 28.7. The molecule has 6 nitrogen and oxygen atoms in total. The Bertz CT molecular complexity index is 611. The first-order chi connectivity index (χ1) is 11.5. The summed E-state index contributed by atoms with van der Waals surface area (Å²) in [5, 5.41) is 9.51. The summed E-state index contributed by atoms with van der Waals surface area (Å²) in [5.41, 5.74) is 6.47. The van der Waals surface area contributed by atoms with Crippen LogP contribution in [-0.2, 0) is 4.79 Å². The van der Waals surface area contributed by atoms with Gasteiger partial charge >= 0.3 is 0 Å². The Balaban J connectivity index is 1.55. The first kappa shape index (κ1) is 16.8. The minimum absolute atomic E-state index is 0.0436. The number of benzene rings is 1. The van der Waals surface area contributed by atoms with E-state index in [0.29, 0.717) is 31.7 Å². The number of carbonyl (C=O) groups is 2. The van der Waals surface area contributed by atoms with Crippen LogP contribution in [0.5, 0.6) is 5.75 Å². The molecule has 2 aliphatic rings. The Hall–Kier alpha value is -2.08. The number of hydrogen-bond acceptors (Lipinski definition) is 4. The number of carbonyl (C=O) groups excluding carboxylic acids is 2. The van der Waals surface area contributed by atoms with E-state index in [1.165, 1.54) is 6.07 Å². The van der Waals surface area contributed by atoms with Crippen LogP contribution in [0.25, 0.3) is 0 Å². The van der Waals surface area contributed by atoms with Gasteiger partial charge in [-0.2, -0.15) is 0 Å². The third kappa shape index (κ3) is 3.70. The van der Waals surface area contributed by atoms with E-state index in [4.69, 9.17) is 5.73 Å². The zero-order valence-electron chi connectivity index (χ0n) is 13.9. The van der Waals surface area contributed by atoms with Gasteiger partial charge in [-0.25, -0.2) is 0 Å². The first-order valence-corrected chi connectivity index (χ1v) is 8.67. The summed E-state index contributed by atoms with van der Waals surface area (Å²) in [6, 6.07) is 6.52. The number of phenolic OH excluding ortho intramolecular Hbond substituents is 1. The van der Waals surface area contributed by atoms with Gasteiger partial charge in [0.25, 0.3) is 5.91 Å². The minimum Gasteiger partial charge on any atom is -0.508 e. The van der Waals surface area contributed by atoms with Crippen LogP contribution in [0.3, 0.4) is 0 Å². The number of phenols is 1. The molecule has 0 spiro atoms. The molecule has 2 fully saturated rings. The van der Waals surface area contributed by atoms with Gasteiger partial charge in [-0.1, -0.05) is 12.5 Å². The number of rotatable bonds is 2. The summed E-state index contributed by atoms with van der Waals surface area (Å²) < 4.78 is 0. The van der Waals surface area contributed by atoms with Gasteiger partial charge in [-0.3, -0.25) is 9.59 Å². The SMILES string of the molecule is NC1CCCC(C(=O)N2CCN(C(=O)c3cccc(O)c3)CC2)C1. The number of hydrogen-bond donors (Lipinski definition) is 2. The second-order valence-corrected chi connectivity index (χ2v) is 6.79. The molecule has 1 aliphatic carbocycles. The summed E-state index contributed by atoms with van der Waals surface area (Å²) in [6.07, 6.45) is 3.74. The third-order valence-corrected chi connectivity index (χ3v) is 5.04.